The number of hydrogen-bond acceptors (Lipinski definition) is 6. The molecule has 0 saturated heterocycles. The number of aryl methyl sites for hydroxylation is 1. The summed E-state index contributed by atoms with van der Waals surface area (Å²) < 4.78 is 0. The summed E-state index contributed by atoms with van der Waals surface area (Å²) in [6.45, 7) is 11.8. The SMILES string of the molecule is C=C1C=CN(C)c2n[c-]nc(C)c21.C=c1ccnc2c1=C(C)N=[C-]N2C.[Y].[Y]. The maximum Gasteiger partial charge on any atom is 0.0310 e. The predicted octanol–water partition coefficient (Wildman–Crippen LogP) is 1.53. The smallest absolute Gasteiger partial charge is 0.0310 e. The van der Waals surface area contributed by atoms with Gasteiger partial charge < -0.3 is 29.7 Å². The fourth-order valence-corrected chi connectivity index (χ4v) is 2.80. The Labute approximate surface area is 216 Å². The van der Waals surface area contributed by atoms with E-state index in [9.17, 15) is 0 Å². The standard InChI is InChI=1S/2C10H10N3.2Y/c1-7-4-5-13(3)10-9(7)8(2)11-6-12-10;1-7-4-5-11-10-9(7)8(2)12-6-13(10)3;;/h2*4-5H,1H2,2-3H3;;/q2*-1;;. The number of fused-ring (bicyclic) bond motifs is 2. The molecular weight excluding hydrogens is 502 g/mol. The van der Waals surface area contributed by atoms with E-state index < -0.39 is 0 Å². The van der Waals surface area contributed by atoms with E-state index in [1.54, 1.807) is 11.1 Å². The molecule has 2 aromatic rings. The Morgan fingerprint density at radius 1 is 1.04 bits per heavy atom. The van der Waals surface area contributed by atoms with Gasteiger partial charge in [-0.3, -0.25) is 0 Å². The molecule has 0 saturated carbocycles. The van der Waals surface area contributed by atoms with Crippen LogP contribution in [0.4, 0.5) is 11.6 Å². The quantitative estimate of drug-likeness (QED) is 0.492. The normalized spacial score (nSPS) is 13.6. The first-order valence-electron chi connectivity index (χ1n) is 8.10. The zero-order valence-corrected chi connectivity index (χ0v) is 22.2. The van der Waals surface area contributed by atoms with E-state index in [0.717, 1.165) is 44.6 Å². The molecule has 4 rings (SSSR count). The van der Waals surface area contributed by atoms with Crippen LogP contribution in [0.15, 0.2) is 36.1 Å². The van der Waals surface area contributed by atoms with E-state index in [2.05, 4.69) is 45.8 Å². The number of nitrogens with zero attached hydrogens (tertiary/aromatic N) is 6. The van der Waals surface area contributed by atoms with E-state index in [1.807, 2.05) is 51.2 Å². The first-order chi connectivity index (χ1) is 12.4. The van der Waals surface area contributed by atoms with Crippen LogP contribution in [0.25, 0.3) is 17.8 Å². The number of allylic oxidation sites excluding steroid dienone is 2. The number of aliphatic imine (C=N–C) groups is 1. The topological polar surface area (TPSA) is 57.5 Å². The zero-order chi connectivity index (χ0) is 18.8. The minimum Gasteiger partial charge on any atom is -0.427 e. The second-order valence-electron chi connectivity index (χ2n) is 6.08. The molecule has 0 spiro atoms. The zero-order valence-electron chi connectivity index (χ0n) is 16.6. The van der Waals surface area contributed by atoms with Crippen LogP contribution in [0.2, 0.25) is 0 Å². The van der Waals surface area contributed by atoms with Gasteiger partial charge in [0.1, 0.15) is 0 Å². The number of anilines is 2. The molecule has 0 aromatic carbocycles. The summed E-state index contributed by atoms with van der Waals surface area (Å²) >= 11 is 0. The Kier molecular flexibility index (Phi) is 9.48. The number of hydrogen-bond donors (Lipinski definition) is 0. The van der Waals surface area contributed by atoms with Crippen molar-refractivity contribution in [1.82, 2.24) is 15.0 Å². The molecule has 0 unspecified atom stereocenters. The number of pyridine rings is 1. The molecule has 0 bridgehead atoms. The third-order valence-corrected chi connectivity index (χ3v) is 4.18. The van der Waals surface area contributed by atoms with Crippen molar-refractivity contribution in [2.24, 2.45) is 4.99 Å². The number of aromatic nitrogens is 3. The van der Waals surface area contributed by atoms with Crippen molar-refractivity contribution >= 4 is 35.8 Å². The summed E-state index contributed by atoms with van der Waals surface area (Å²) in [4.78, 5) is 20.2. The maximum atomic E-state index is 4.25. The van der Waals surface area contributed by atoms with Gasteiger partial charge in [-0.25, -0.2) is 0 Å². The minimum absolute atomic E-state index is 0. The Morgan fingerprint density at radius 3 is 2.39 bits per heavy atom. The van der Waals surface area contributed by atoms with E-state index in [-0.39, 0.29) is 65.4 Å². The van der Waals surface area contributed by atoms with Gasteiger partial charge >= 0.3 is 0 Å². The molecule has 6 nitrogen and oxygen atoms in total. The number of rotatable bonds is 0. The molecule has 2 aliphatic heterocycles. The van der Waals surface area contributed by atoms with Crippen molar-refractivity contribution < 1.29 is 65.4 Å². The van der Waals surface area contributed by atoms with Gasteiger partial charge in [0.05, 0.1) is 0 Å². The summed E-state index contributed by atoms with van der Waals surface area (Å²) in [5.74, 6) is 1.75. The summed E-state index contributed by atoms with van der Waals surface area (Å²) in [6.07, 6.45) is 11.1. The van der Waals surface area contributed by atoms with Gasteiger partial charge in [0.2, 0.25) is 0 Å². The van der Waals surface area contributed by atoms with Crippen LogP contribution < -0.4 is 20.2 Å². The largest absolute Gasteiger partial charge is 0.427 e. The van der Waals surface area contributed by atoms with Crippen LogP contribution in [0, 0.1) is 13.3 Å². The average Bonchev–Trinajstić information content (AvgIpc) is 2.62. The van der Waals surface area contributed by atoms with Crippen molar-refractivity contribution in [3.8, 4) is 0 Å². The Balaban J connectivity index is 0.000000261. The predicted molar refractivity (Wildman–Crippen MR) is 106 cm³/mol. The second-order valence-corrected chi connectivity index (χ2v) is 6.08. The van der Waals surface area contributed by atoms with Crippen LogP contribution >= 0.6 is 0 Å². The minimum atomic E-state index is 0. The van der Waals surface area contributed by atoms with Crippen molar-refractivity contribution in [2.45, 2.75) is 13.8 Å². The van der Waals surface area contributed by atoms with E-state index in [1.165, 1.54) is 0 Å². The molecule has 138 valence electrons. The third-order valence-electron chi connectivity index (χ3n) is 4.18. The Morgan fingerprint density at radius 2 is 1.75 bits per heavy atom. The Bertz CT molecular complexity index is 1050. The maximum absolute atomic E-state index is 4.25. The molecule has 0 aliphatic carbocycles. The summed E-state index contributed by atoms with van der Waals surface area (Å²) in [5, 5.41) is 1.98. The van der Waals surface area contributed by atoms with Crippen molar-refractivity contribution in [1.29, 1.82) is 0 Å². The van der Waals surface area contributed by atoms with Crippen molar-refractivity contribution in [2.75, 3.05) is 23.9 Å². The van der Waals surface area contributed by atoms with Crippen LogP contribution in [-0.2, 0) is 65.4 Å². The molecule has 0 amide bonds. The molecule has 2 aromatic heterocycles. The van der Waals surface area contributed by atoms with Gasteiger partial charge in [0, 0.05) is 95.9 Å². The second kappa shape index (κ2) is 10.6. The van der Waals surface area contributed by atoms with Gasteiger partial charge in [0.25, 0.3) is 0 Å². The van der Waals surface area contributed by atoms with Gasteiger partial charge in [-0.2, -0.15) is 0 Å². The van der Waals surface area contributed by atoms with Gasteiger partial charge in [-0.05, 0) is 43.2 Å². The first kappa shape index (κ1) is 25.0. The molecule has 2 aliphatic rings. The Hall–Kier alpha value is -1.07. The fourth-order valence-electron chi connectivity index (χ4n) is 2.80. The van der Waals surface area contributed by atoms with E-state index in [4.69, 9.17) is 0 Å². The van der Waals surface area contributed by atoms with Gasteiger partial charge in [0.15, 0.2) is 0 Å². The molecular formula is C20H20N6Y2-2. The molecule has 0 atom stereocenters. The molecule has 0 N–H and O–H groups in total. The van der Waals surface area contributed by atoms with E-state index in [0.29, 0.717) is 0 Å². The van der Waals surface area contributed by atoms with Crippen molar-refractivity contribution in [3.05, 3.63) is 59.1 Å². The molecule has 28 heavy (non-hydrogen) atoms. The molecule has 4 heterocycles. The summed E-state index contributed by atoms with van der Waals surface area (Å²) in [6, 6.07) is 1.89. The van der Waals surface area contributed by atoms with Crippen LogP contribution in [0.5, 0.6) is 0 Å². The van der Waals surface area contributed by atoms with Crippen molar-refractivity contribution in [3.63, 3.8) is 0 Å². The molecule has 0 fully saturated rings. The van der Waals surface area contributed by atoms with Gasteiger partial charge in [-0.15, -0.1) is 0 Å². The van der Waals surface area contributed by atoms with Gasteiger partial charge in [-0.1, -0.05) is 49.2 Å². The summed E-state index contributed by atoms with van der Waals surface area (Å²) in [7, 11) is 3.82. The van der Waals surface area contributed by atoms with E-state index >= 15 is 0 Å². The fraction of sp³-hybridized carbons (Fsp3) is 0.200. The van der Waals surface area contributed by atoms with Crippen LogP contribution in [0.3, 0.4) is 0 Å². The first-order valence-corrected chi connectivity index (χ1v) is 8.10. The molecule has 8 heteroatoms. The summed E-state index contributed by atoms with van der Waals surface area (Å²) in [5.41, 5.74) is 3.82. The van der Waals surface area contributed by atoms with Crippen LogP contribution in [-0.4, -0.2) is 35.4 Å². The van der Waals surface area contributed by atoms with Crippen LogP contribution in [0.1, 0.15) is 18.2 Å². The molecule has 2 radical (unpaired) electrons. The monoisotopic (exact) mass is 522 g/mol. The third kappa shape index (κ3) is 5.09. The average molecular weight is 522 g/mol.